The van der Waals surface area contributed by atoms with E-state index < -0.39 is 5.97 Å². The topological polar surface area (TPSA) is 71.0 Å². The molecule has 2 N–H and O–H groups in total. The highest BCUT2D eigenvalue weighted by atomic mass is 16.5. The molecule has 6 heteroatoms. The van der Waals surface area contributed by atoms with E-state index in [1.54, 1.807) is 7.11 Å². The van der Waals surface area contributed by atoms with Crippen molar-refractivity contribution in [3.63, 3.8) is 0 Å². The van der Waals surface area contributed by atoms with E-state index in [2.05, 4.69) is 10.2 Å². The molecule has 2 aliphatic heterocycles. The van der Waals surface area contributed by atoms with Crippen LogP contribution in [0.5, 0.6) is 11.5 Å². The number of hydrogen-bond acceptors (Lipinski definition) is 5. The third kappa shape index (κ3) is 3.34. The lowest BCUT2D eigenvalue weighted by Gasteiger charge is -2.18. The van der Waals surface area contributed by atoms with Gasteiger partial charge in [0.15, 0.2) is 18.1 Å². The second kappa shape index (κ2) is 6.54. The van der Waals surface area contributed by atoms with Crippen molar-refractivity contribution < 1.29 is 19.4 Å². The molecule has 0 spiro atoms. The Labute approximate surface area is 130 Å². The molecule has 0 aromatic heterocycles. The van der Waals surface area contributed by atoms with Crippen LogP contribution in [0.15, 0.2) is 18.2 Å². The van der Waals surface area contributed by atoms with E-state index in [4.69, 9.17) is 14.6 Å². The highest BCUT2D eigenvalue weighted by Crippen LogP contribution is 2.31. The molecule has 120 valence electrons. The highest BCUT2D eigenvalue weighted by molar-refractivity contribution is 5.68. The summed E-state index contributed by atoms with van der Waals surface area (Å²) in [5.74, 6) is 1.59. The van der Waals surface area contributed by atoms with E-state index in [9.17, 15) is 4.79 Å². The van der Waals surface area contributed by atoms with Gasteiger partial charge in [-0.2, -0.15) is 0 Å². The molecule has 1 aromatic rings. The maximum absolute atomic E-state index is 10.7. The molecule has 22 heavy (non-hydrogen) atoms. The lowest BCUT2D eigenvalue weighted by Crippen LogP contribution is -2.25. The summed E-state index contributed by atoms with van der Waals surface area (Å²) in [6.45, 7) is 4.98. The van der Waals surface area contributed by atoms with E-state index in [0.717, 1.165) is 50.1 Å². The number of nitrogens with one attached hydrogen (secondary N) is 1. The zero-order chi connectivity index (χ0) is 15.5. The molecule has 2 atom stereocenters. The normalized spacial score (nSPS) is 24.2. The van der Waals surface area contributed by atoms with Gasteiger partial charge in [0.2, 0.25) is 0 Å². The number of rotatable bonds is 6. The van der Waals surface area contributed by atoms with Crippen molar-refractivity contribution in [3.05, 3.63) is 23.8 Å². The zero-order valence-corrected chi connectivity index (χ0v) is 12.7. The number of aliphatic carboxylic acids is 1. The number of carboxylic acids is 1. The van der Waals surface area contributed by atoms with Crippen molar-refractivity contribution >= 4 is 5.97 Å². The van der Waals surface area contributed by atoms with Crippen molar-refractivity contribution in [2.45, 2.75) is 6.54 Å². The fourth-order valence-corrected chi connectivity index (χ4v) is 3.41. The lowest BCUT2D eigenvalue weighted by molar-refractivity contribution is -0.139. The van der Waals surface area contributed by atoms with Gasteiger partial charge in [0, 0.05) is 19.6 Å². The SMILES string of the molecule is COc1ccc(CN2C[C@H]3CNC[C@H]3C2)cc1OCC(=O)O. The molecule has 1 aromatic carbocycles. The number of methoxy groups -OCH3 is 1. The molecule has 0 aliphatic carbocycles. The number of ether oxygens (including phenoxy) is 2. The van der Waals surface area contributed by atoms with Crippen LogP contribution >= 0.6 is 0 Å². The van der Waals surface area contributed by atoms with Crippen LogP contribution in [-0.2, 0) is 11.3 Å². The van der Waals surface area contributed by atoms with E-state index in [-0.39, 0.29) is 6.61 Å². The summed E-state index contributed by atoms with van der Waals surface area (Å²) >= 11 is 0. The first-order valence-electron chi connectivity index (χ1n) is 7.60. The van der Waals surface area contributed by atoms with Crippen LogP contribution in [0.25, 0.3) is 0 Å². The molecular weight excluding hydrogens is 284 g/mol. The summed E-state index contributed by atoms with van der Waals surface area (Å²) in [4.78, 5) is 13.1. The average molecular weight is 306 g/mol. The Hall–Kier alpha value is -1.79. The number of hydrogen-bond donors (Lipinski definition) is 2. The molecule has 2 saturated heterocycles. The quantitative estimate of drug-likeness (QED) is 0.810. The standard InChI is InChI=1S/C16H22N2O4/c1-21-14-3-2-11(4-15(14)22-10-16(19)20)7-18-8-12-5-17-6-13(12)9-18/h2-4,12-13,17H,5-10H2,1H3,(H,19,20)/t12-,13+. The van der Waals surface area contributed by atoms with Crippen LogP contribution in [-0.4, -0.2) is 55.9 Å². The van der Waals surface area contributed by atoms with Crippen LogP contribution in [0.3, 0.4) is 0 Å². The number of carbonyl (C=O) groups is 1. The second-order valence-corrected chi connectivity index (χ2v) is 6.04. The van der Waals surface area contributed by atoms with Gasteiger partial charge in [-0.3, -0.25) is 4.90 Å². The minimum atomic E-state index is -0.993. The second-order valence-electron chi connectivity index (χ2n) is 6.04. The molecule has 2 fully saturated rings. The van der Waals surface area contributed by atoms with Crippen molar-refractivity contribution in [1.82, 2.24) is 10.2 Å². The lowest BCUT2D eigenvalue weighted by atomic mass is 10.0. The van der Waals surface area contributed by atoms with Gasteiger partial charge in [-0.25, -0.2) is 4.79 Å². The van der Waals surface area contributed by atoms with Crippen LogP contribution in [0, 0.1) is 11.8 Å². The zero-order valence-electron chi connectivity index (χ0n) is 12.7. The number of likely N-dealkylation sites (tertiary alicyclic amines) is 1. The average Bonchev–Trinajstić information content (AvgIpc) is 3.06. The van der Waals surface area contributed by atoms with E-state index in [1.807, 2.05) is 18.2 Å². The monoisotopic (exact) mass is 306 g/mol. The third-order valence-corrected chi connectivity index (χ3v) is 4.45. The summed E-state index contributed by atoms with van der Waals surface area (Å²) in [7, 11) is 1.55. The Kier molecular flexibility index (Phi) is 4.49. The number of benzene rings is 1. The van der Waals surface area contributed by atoms with Gasteiger partial charge in [-0.1, -0.05) is 6.07 Å². The summed E-state index contributed by atoms with van der Waals surface area (Å²) in [5.41, 5.74) is 1.12. The summed E-state index contributed by atoms with van der Waals surface area (Å²) < 4.78 is 10.5. The van der Waals surface area contributed by atoms with E-state index in [0.29, 0.717) is 11.5 Å². The number of carboxylic acid groups (broad SMARTS) is 1. The summed E-state index contributed by atoms with van der Waals surface area (Å²) in [6, 6.07) is 5.73. The predicted octanol–water partition coefficient (Wildman–Crippen LogP) is 0.810. The van der Waals surface area contributed by atoms with Gasteiger partial charge >= 0.3 is 5.97 Å². The van der Waals surface area contributed by atoms with E-state index >= 15 is 0 Å². The smallest absolute Gasteiger partial charge is 0.341 e. The Bertz CT molecular complexity index is 537. The van der Waals surface area contributed by atoms with Crippen molar-refractivity contribution in [2.75, 3.05) is 39.9 Å². The van der Waals surface area contributed by atoms with Gasteiger partial charge in [-0.15, -0.1) is 0 Å². The van der Waals surface area contributed by atoms with Gasteiger partial charge in [-0.05, 0) is 42.6 Å². The van der Waals surface area contributed by atoms with Crippen LogP contribution in [0.1, 0.15) is 5.56 Å². The Morgan fingerprint density at radius 3 is 2.68 bits per heavy atom. The first kappa shape index (κ1) is 15.1. The van der Waals surface area contributed by atoms with Crippen LogP contribution in [0.2, 0.25) is 0 Å². The maximum atomic E-state index is 10.7. The molecule has 0 bridgehead atoms. The van der Waals surface area contributed by atoms with Gasteiger partial charge in [0.05, 0.1) is 7.11 Å². The summed E-state index contributed by atoms with van der Waals surface area (Å²) in [5, 5.41) is 12.2. The van der Waals surface area contributed by atoms with Gasteiger partial charge in [0.1, 0.15) is 0 Å². The van der Waals surface area contributed by atoms with Crippen LogP contribution in [0.4, 0.5) is 0 Å². The number of nitrogens with zero attached hydrogens (tertiary/aromatic N) is 1. The predicted molar refractivity (Wildman–Crippen MR) is 81.3 cm³/mol. The van der Waals surface area contributed by atoms with Crippen molar-refractivity contribution in [2.24, 2.45) is 11.8 Å². The van der Waals surface area contributed by atoms with Gasteiger partial charge in [0.25, 0.3) is 0 Å². The first-order valence-corrected chi connectivity index (χ1v) is 7.60. The maximum Gasteiger partial charge on any atom is 0.341 e. The molecular formula is C16H22N2O4. The molecule has 2 heterocycles. The highest BCUT2D eigenvalue weighted by Gasteiger charge is 2.35. The molecule has 3 rings (SSSR count). The summed E-state index contributed by atoms with van der Waals surface area (Å²) in [6.07, 6.45) is 0. The van der Waals surface area contributed by atoms with Gasteiger partial charge < -0.3 is 19.9 Å². The van der Waals surface area contributed by atoms with Crippen molar-refractivity contribution in [3.8, 4) is 11.5 Å². The molecule has 0 unspecified atom stereocenters. The minimum absolute atomic E-state index is 0.362. The minimum Gasteiger partial charge on any atom is -0.493 e. The molecule has 0 radical (unpaired) electrons. The fourth-order valence-electron chi connectivity index (χ4n) is 3.41. The first-order chi connectivity index (χ1) is 10.7. The molecule has 2 aliphatic rings. The van der Waals surface area contributed by atoms with E-state index in [1.165, 1.54) is 0 Å². The largest absolute Gasteiger partial charge is 0.493 e. The third-order valence-electron chi connectivity index (χ3n) is 4.45. The molecule has 0 amide bonds. The van der Waals surface area contributed by atoms with Crippen LogP contribution < -0.4 is 14.8 Å². The fraction of sp³-hybridized carbons (Fsp3) is 0.562. The molecule has 0 saturated carbocycles. The number of fused-ring (bicyclic) bond motifs is 1. The molecule has 6 nitrogen and oxygen atoms in total. The Balaban J connectivity index is 1.66. The Morgan fingerprint density at radius 2 is 2.05 bits per heavy atom. The Morgan fingerprint density at radius 1 is 1.32 bits per heavy atom. The van der Waals surface area contributed by atoms with Crippen molar-refractivity contribution in [1.29, 1.82) is 0 Å².